The van der Waals surface area contributed by atoms with E-state index in [9.17, 15) is 4.79 Å². The van der Waals surface area contributed by atoms with Crippen LogP contribution in [-0.2, 0) is 13.5 Å². The molecule has 2 aromatic heterocycles. The number of aromatic nitrogens is 3. The summed E-state index contributed by atoms with van der Waals surface area (Å²) in [5.74, 6) is 0.817. The fourth-order valence-electron chi connectivity index (χ4n) is 2.31. The number of ketones is 1. The van der Waals surface area contributed by atoms with Crippen molar-refractivity contribution in [2.75, 3.05) is 0 Å². The van der Waals surface area contributed by atoms with E-state index in [2.05, 4.69) is 9.97 Å². The van der Waals surface area contributed by atoms with Gasteiger partial charge < -0.3 is 4.57 Å². The van der Waals surface area contributed by atoms with Crippen LogP contribution in [0, 0.1) is 6.92 Å². The summed E-state index contributed by atoms with van der Waals surface area (Å²) >= 11 is 0. The zero-order chi connectivity index (χ0) is 14.1. The first-order valence-corrected chi connectivity index (χ1v) is 6.50. The topological polar surface area (TPSA) is 47.8 Å². The highest BCUT2D eigenvalue weighted by atomic mass is 16.1. The zero-order valence-corrected chi connectivity index (χ0v) is 11.5. The average molecular weight is 265 g/mol. The van der Waals surface area contributed by atoms with E-state index < -0.39 is 0 Å². The summed E-state index contributed by atoms with van der Waals surface area (Å²) in [5.41, 5.74) is 3.58. The van der Waals surface area contributed by atoms with Crippen LogP contribution in [0.25, 0.3) is 11.0 Å². The molecule has 1 aromatic carbocycles. The first-order valence-electron chi connectivity index (χ1n) is 6.50. The van der Waals surface area contributed by atoms with Crippen LogP contribution < -0.4 is 0 Å². The Morgan fingerprint density at radius 2 is 2.05 bits per heavy atom. The number of aryl methyl sites for hydroxylation is 2. The summed E-state index contributed by atoms with van der Waals surface area (Å²) in [7, 11) is 1.94. The molecular formula is C16H15N3O. The Morgan fingerprint density at radius 1 is 1.25 bits per heavy atom. The van der Waals surface area contributed by atoms with Gasteiger partial charge in [0.05, 0.1) is 17.5 Å². The van der Waals surface area contributed by atoms with Gasteiger partial charge in [0.25, 0.3) is 0 Å². The minimum Gasteiger partial charge on any atom is -0.331 e. The lowest BCUT2D eigenvalue weighted by molar-refractivity contribution is 0.0989. The van der Waals surface area contributed by atoms with Crippen LogP contribution in [0.2, 0.25) is 0 Å². The molecule has 0 fully saturated rings. The van der Waals surface area contributed by atoms with Gasteiger partial charge in [-0.2, -0.15) is 0 Å². The van der Waals surface area contributed by atoms with Crippen molar-refractivity contribution in [3.8, 4) is 0 Å². The molecule has 4 nitrogen and oxygen atoms in total. The lowest BCUT2D eigenvalue weighted by Gasteiger charge is -2.03. The molecule has 0 bridgehead atoms. The molecule has 0 saturated heterocycles. The van der Waals surface area contributed by atoms with Crippen molar-refractivity contribution in [2.45, 2.75) is 13.3 Å². The summed E-state index contributed by atoms with van der Waals surface area (Å²) < 4.78 is 1.97. The number of Topliss-reactive ketones (excluding diaryl/α,β-unsaturated/α-hetero) is 1. The number of nitrogens with zero attached hydrogens (tertiary/aromatic N) is 3. The molecule has 0 radical (unpaired) electrons. The Bertz CT molecular complexity index is 789. The van der Waals surface area contributed by atoms with E-state index in [1.54, 1.807) is 12.4 Å². The van der Waals surface area contributed by atoms with Crippen LogP contribution >= 0.6 is 0 Å². The number of hydrogen-bond donors (Lipinski definition) is 0. The van der Waals surface area contributed by atoms with E-state index in [0.29, 0.717) is 5.56 Å². The SMILES string of the molecule is Cc1cncc(C(=O)Cc2nc3ccccc3n2C)c1. The second kappa shape index (κ2) is 4.89. The van der Waals surface area contributed by atoms with Crippen LogP contribution in [0.4, 0.5) is 0 Å². The number of rotatable bonds is 3. The Kier molecular flexibility index (Phi) is 3.06. The molecule has 0 aliphatic carbocycles. The van der Waals surface area contributed by atoms with Crippen LogP contribution in [0.15, 0.2) is 42.7 Å². The summed E-state index contributed by atoms with van der Waals surface area (Å²) in [6, 6.07) is 9.74. The number of hydrogen-bond acceptors (Lipinski definition) is 3. The molecule has 0 atom stereocenters. The molecule has 0 spiro atoms. The predicted octanol–water partition coefficient (Wildman–Crippen LogP) is 2.70. The lowest BCUT2D eigenvalue weighted by Crippen LogP contribution is -2.09. The lowest BCUT2D eigenvalue weighted by atomic mass is 10.1. The number of carbonyl (C=O) groups excluding carboxylic acids is 1. The molecule has 3 rings (SSSR count). The van der Waals surface area contributed by atoms with Crippen molar-refractivity contribution in [3.05, 3.63) is 59.7 Å². The third kappa shape index (κ3) is 2.20. The summed E-state index contributed by atoms with van der Waals surface area (Å²) in [6.45, 7) is 1.93. The maximum atomic E-state index is 12.3. The van der Waals surface area contributed by atoms with Crippen molar-refractivity contribution < 1.29 is 4.79 Å². The molecule has 0 amide bonds. The number of pyridine rings is 1. The van der Waals surface area contributed by atoms with E-state index in [1.165, 1.54) is 0 Å². The molecule has 20 heavy (non-hydrogen) atoms. The summed E-state index contributed by atoms with van der Waals surface area (Å²) in [4.78, 5) is 20.9. The number of carbonyl (C=O) groups is 1. The zero-order valence-electron chi connectivity index (χ0n) is 11.5. The minimum atomic E-state index is 0.0413. The van der Waals surface area contributed by atoms with Gasteiger partial charge in [0.2, 0.25) is 0 Å². The van der Waals surface area contributed by atoms with Crippen molar-refractivity contribution in [1.29, 1.82) is 0 Å². The third-order valence-electron chi connectivity index (χ3n) is 3.40. The molecular weight excluding hydrogens is 250 g/mol. The van der Waals surface area contributed by atoms with Gasteiger partial charge in [-0.25, -0.2) is 4.98 Å². The summed E-state index contributed by atoms with van der Waals surface area (Å²) in [5, 5.41) is 0. The van der Waals surface area contributed by atoms with Gasteiger partial charge in [-0.3, -0.25) is 9.78 Å². The van der Waals surface area contributed by atoms with Crippen LogP contribution in [-0.4, -0.2) is 20.3 Å². The highest BCUT2D eigenvalue weighted by Crippen LogP contribution is 2.16. The monoisotopic (exact) mass is 265 g/mol. The molecule has 0 unspecified atom stereocenters. The van der Waals surface area contributed by atoms with Gasteiger partial charge >= 0.3 is 0 Å². The van der Waals surface area contributed by atoms with E-state index in [0.717, 1.165) is 22.4 Å². The Morgan fingerprint density at radius 3 is 2.80 bits per heavy atom. The van der Waals surface area contributed by atoms with E-state index in [1.807, 2.05) is 48.9 Å². The van der Waals surface area contributed by atoms with Crippen LogP contribution in [0.5, 0.6) is 0 Å². The average Bonchev–Trinajstić information content (AvgIpc) is 2.76. The standard InChI is InChI=1S/C16H15N3O/c1-11-7-12(10-17-9-11)15(20)8-16-18-13-5-3-4-6-14(13)19(16)2/h3-7,9-10H,8H2,1-2H3. The number of fused-ring (bicyclic) bond motifs is 1. The largest absolute Gasteiger partial charge is 0.331 e. The van der Waals surface area contributed by atoms with E-state index in [4.69, 9.17) is 0 Å². The van der Waals surface area contributed by atoms with Crippen LogP contribution in [0.1, 0.15) is 21.7 Å². The van der Waals surface area contributed by atoms with Crippen molar-refractivity contribution >= 4 is 16.8 Å². The summed E-state index contributed by atoms with van der Waals surface area (Å²) in [6.07, 6.45) is 3.64. The fourth-order valence-corrected chi connectivity index (χ4v) is 2.31. The molecule has 2 heterocycles. The normalized spacial score (nSPS) is 10.9. The van der Waals surface area contributed by atoms with Gasteiger partial charge in [0.15, 0.2) is 5.78 Å². The molecule has 0 aliphatic heterocycles. The second-order valence-corrected chi connectivity index (χ2v) is 4.93. The molecule has 3 aromatic rings. The first-order chi connectivity index (χ1) is 9.65. The van der Waals surface area contributed by atoms with Crippen molar-refractivity contribution in [1.82, 2.24) is 14.5 Å². The maximum Gasteiger partial charge on any atom is 0.171 e. The second-order valence-electron chi connectivity index (χ2n) is 4.93. The van der Waals surface area contributed by atoms with Gasteiger partial charge in [0, 0.05) is 25.0 Å². The third-order valence-corrected chi connectivity index (χ3v) is 3.40. The molecule has 4 heteroatoms. The van der Waals surface area contributed by atoms with Gasteiger partial charge in [-0.1, -0.05) is 12.1 Å². The molecule has 100 valence electrons. The van der Waals surface area contributed by atoms with Crippen LogP contribution in [0.3, 0.4) is 0 Å². The maximum absolute atomic E-state index is 12.3. The first kappa shape index (κ1) is 12.5. The Labute approximate surface area is 117 Å². The number of benzene rings is 1. The molecule has 0 N–H and O–H groups in total. The van der Waals surface area contributed by atoms with E-state index >= 15 is 0 Å². The minimum absolute atomic E-state index is 0.0413. The smallest absolute Gasteiger partial charge is 0.171 e. The quantitative estimate of drug-likeness (QED) is 0.684. The Balaban J connectivity index is 1.93. The molecule has 0 aliphatic rings. The highest BCUT2D eigenvalue weighted by molar-refractivity contribution is 5.97. The van der Waals surface area contributed by atoms with Crippen molar-refractivity contribution in [2.24, 2.45) is 7.05 Å². The fraction of sp³-hybridized carbons (Fsp3) is 0.188. The number of imidazole rings is 1. The van der Waals surface area contributed by atoms with E-state index in [-0.39, 0.29) is 12.2 Å². The van der Waals surface area contributed by atoms with Crippen molar-refractivity contribution in [3.63, 3.8) is 0 Å². The molecule has 0 saturated carbocycles. The predicted molar refractivity (Wildman–Crippen MR) is 77.7 cm³/mol. The highest BCUT2D eigenvalue weighted by Gasteiger charge is 2.13. The van der Waals surface area contributed by atoms with Gasteiger partial charge in [0.1, 0.15) is 5.82 Å². The Hall–Kier alpha value is -2.49. The van der Waals surface area contributed by atoms with Gasteiger partial charge in [-0.15, -0.1) is 0 Å². The van der Waals surface area contributed by atoms with Gasteiger partial charge in [-0.05, 0) is 30.7 Å². The number of para-hydroxylation sites is 2.